The van der Waals surface area contributed by atoms with Gasteiger partial charge >= 0.3 is 31.1 Å². The molecule has 24 heavy (non-hydrogen) atoms. The molecule has 0 N–H and O–H groups in total. The summed E-state index contributed by atoms with van der Waals surface area (Å²) in [5.74, 6) is 2.00. The van der Waals surface area contributed by atoms with Gasteiger partial charge in [0.1, 0.15) is 5.75 Å². The van der Waals surface area contributed by atoms with Crippen molar-refractivity contribution in [2.24, 2.45) is 0 Å². The molecule has 1 aromatic rings. The third-order valence-corrected chi connectivity index (χ3v) is 3.89. The van der Waals surface area contributed by atoms with E-state index in [1.165, 1.54) is 30.4 Å². The molecule has 0 bridgehead atoms. The summed E-state index contributed by atoms with van der Waals surface area (Å²) in [6.07, 6.45) is 11.4. The molecule has 0 heterocycles. The van der Waals surface area contributed by atoms with Crippen molar-refractivity contribution in [2.75, 3.05) is 13.2 Å². The maximum atomic E-state index is 5.85. The molecular formula is C21H30O2U. The summed E-state index contributed by atoms with van der Waals surface area (Å²) in [4.78, 5) is 0. The molecule has 2 nitrogen and oxygen atoms in total. The van der Waals surface area contributed by atoms with Crippen molar-refractivity contribution >= 4 is 5.57 Å². The topological polar surface area (TPSA) is 18.5 Å². The summed E-state index contributed by atoms with van der Waals surface area (Å²) < 4.78 is 11.2. The van der Waals surface area contributed by atoms with Crippen molar-refractivity contribution in [1.29, 1.82) is 0 Å². The summed E-state index contributed by atoms with van der Waals surface area (Å²) in [6.45, 7) is 7.23. The molecule has 1 aliphatic carbocycles. The number of unbranched alkanes of at least 4 members (excludes halogenated alkanes) is 3. The molecule has 0 atom stereocenters. The van der Waals surface area contributed by atoms with E-state index in [9.17, 15) is 0 Å². The third-order valence-electron chi connectivity index (χ3n) is 3.89. The first-order valence-corrected chi connectivity index (χ1v) is 8.38. The molecule has 0 aromatic heterocycles. The van der Waals surface area contributed by atoms with E-state index in [-0.39, 0.29) is 38.5 Å². The molecule has 1 aromatic carbocycles. The monoisotopic (exact) mass is 552 g/mol. The number of allylic oxidation sites excluding steroid dienone is 4. The van der Waals surface area contributed by atoms with Gasteiger partial charge in [0.15, 0.2) is 0 Å². The normalized spacial score (nSPS) is 13.1. The molecule has 0 radical (unpaired) electrons. The Morgan fingerprint density at radius 3 is 2.29 bits per heavy atom. The van der Waals surface area contributed by atoms with Gasteiger partial charge in [-0.15, -0.1) is 0 Å². The number of hydrogen-bond donors (Lipinski definition) is 0. The summed E-state index contributed by atoms with van der Waals surface area (Å²) in [7, 11) is 0. The molecule has 0 saturated carbocycles. The van der Waals surface area contributed by atoms with Crippen molar-refractivity contribution in [3.8, 4) is 5.75 Å². The van der Waals surface area contributed by atoms with E-state index in [0.29, 0.717) is 6.61 Å². The first-order valence-electron chi connectivity index (χ1n) is 8.38. The molecule has 0 amide bonds. The van der Waals surface area contributed by atoms with Crippen molar-refractivity contribution in [2.45, 2.75) is 45.4 Å². The number of hydrogen-bond acceptors (Lipinski definition) is 2. The van der Waals surface area contributed by atoms with Gasteiger partial charge in [0, 0.05) is 6.42 Å². The maximum Gasteiger partial charge on any atom is 2.00 e. The van der Waals surface area contributed by atoms with Crippen LogP contribution >= 0.6 is 0 Å². The van der Waals surface area contributed by atoms with Crippen LogP contribution in [0.3, 0.4) is 0 Å². The van der Waals surface area contributed by atoms with Crippen LogP contribution in [0, 0.1) is 45.5 Å². The molecular weight excluding hydrogens is 522 g/mol. The second-order valence-corrected chi connectivity index (χ2v) is 5.61. The summed E-state index contributed by atoms with van der Waals surface area (Å²) in [5, 5.41) is 0. The Morgan fingerprint density at radius 1 is 0.958 bits per heavy atom. The Morgan fingerprint density at radius 2 is 1.71 bits per heavy atom. The Balaban J connectivity index is 0.00000264. The fourth-order valence-corrected chi connectivity index (χ4v) is 2.59. The fourth-order valence-electron chi connectivity index (χ4n) is 2.59. The van der Waals surface area contributed by atoms with Crippen LogP contribution in [0.1, 0.15) is 51.0 Å². The summed E-state index contributed by atoms with van der Waals surface area (Å²) in [5.41, 5.74) is 2.62. The zero-order chi connectivity index (χ0) is 15.6. The molecule has 3 heteroatoms. The van der Waals surface area contributed by atoms with E-state index in [1.807, 2.05) is 12.1 Å². The first-order chi connectivity index (χ1) is 10.8. The molecule has 1 aliphatic rings. The molecule has 0 spiro atoms. The SMILES string of the molecule is [CH2-]COc1ccc(C2=CC=C(OCCCCCC)CC2)cc1.[CH3-].[U+2]. The summed E-state index contributed by atoms with van der Waals surface area (Å²) >= 11 is 0. The quantitative estimate of drug-likeness (QED) is 0.276. The van der Waals surface area contributed by atoms with Gasteiger partial charge in [0.2, 0.25) is 0 Å². The van der Waals surface area contributed by atoms with Crippen LogP contribution in [-0.2, 0) is 4.74 Å². The second-order valence-electron chi connectivity index (χ2n) is 5.61. The zero-order valence-corrected chi connectivity index (χ0v) is 19.3. The average molecular weight is 552 g/mol. The van der Waals surface area contributed by atoms with Crippen LogP contribution in [-0.4, -0.2) is 13.2 Å². The minimum atomic E-state index is 0. The second kappa shape index (κ2) is 13.6. The third kappa shape index (κ3) is 7.95. The largest absolute Gasteiger partial charge is 2.00 e. The molecule has 0 fully saturated rings. The van der Waals surface area contributed by atoms with Gasteiger partial charge in [-0.05, 0) is 48.8 Å². The predicted molar refractivity (Wildman–Crippen MR) is 99.1 cm³/mol. The van der Waals surface area contributed by atoms with Gasteiger partial charge in [0.05, 0.1) is 12.4 Å². The van der Waals surface area contributed by atoms with Crippen LogP contribution < -0.4 is 4.74 Å². The average Bonchev–Trinajstić information content (AvgIpc) is 2.56. The number of rotatable bonds is 9. The molecule has 130 valence electrons. The van der Waals surface area contributed by atoms with Crippen molar-refractivity contribution in [3.63, 3.8) is 0 Å². The Hall–Kier alpha value is -0.648. The van der Waals surface area contributed by atoms with Gasteiger partial charge in [-0.2, -0.15) is 0 Å². The molecule has 0 saturated heterocycles. The Bertz CT molecular complexity index is 503. The Labute approximate surface area is 172 Å². The molecule has 2 rings (SSSR count). The Kier molecular flexibility index (Phi) is 13.3. The van der Waals surface area contributed by atoms with Gasteiger partial charge in [0.25, 0.3) is 0 Å². The van der Waals surface area contributed by atoms with Gasteiger partial charge in [-0.1, -0.05) is 44.4 Å². The van der Waals surface area contributed by atoms with E-state index >= 15 is 0 Å². The van der Waals surface area contributed by atoms with E-state index in [4.69, 9.17) is 9.47 Å². The maximum absolute atomic E-state index is 5.85. The van der Waals surface area contributed by atoms with Gasteiger partial charge in [-0.3, -0.25) is 0 Å². The van der Waals surface area contributed by atoms with E-state index in [2.05, 4.69) is 38.1 Å². The van der Waals surface area contributed by atoms with Crippen LogP contribution in [0.5, 0.6) is 5.75 Å². The first kappa shape index (κ1) is 23.4. The van der Waals surface area contributed by atoms with Gasteiger partial charge < -0.3 is 23.8 Å². The van der Waals surface area contributed by atoms with E-state index < -0.39 is 0 Å². The van der Waals surface area contributed by atoms with E-state index in [0.717, 1.165) is 37.4 Å². The van der Waals surface area contributed by atoms with Crippen LogP contribution in [0.15, 0.2) is 42.2 Å². The van der Waals surface area contributed by atoms with Gasteiger partial charge in [-0.25, -0.2) is 0 Å². The van der Waals surface area contributed by atoms with Crippen LogP contribution in [0.4, 0.5) is 0 Å². The smallest absolute Gasteiger partial charge is 0.525 e. The zero-order valence-electron chi connectivity index (χ0n) is 15.1. The van der Waals surface area contributed by atoms with Crippen molar-refractivity contribution in [3.05, 3.63) is 62.1 Å². The molecule has 0 unspecified atom stereocenters. The van der Waals surface area contributed by atoms with Crippen LogP contribution in [0.25, 0.3) is 5.57 Å². The minimum absolute atomic E-state index is 0. The molecule has 0 aliphatic heterocycles. The standard InChI is InChI=1S/C20H27O2.CH3.U/c1-3-5-6-7-16-22-20-14-10-18(11-15-20)17-8-12-19(13-9-17)21-4-2;;/h8-10,12-14H,2-7,11,15-16H2,1H3;1H3;/q2*-1;+2. The summed E-state index contributed by atoms with van der Waals surface area (Å²) in [6, 6.07) is 8.23. The van der Waals surface area contributed by atoms with Crippen molar-refractivity contribution in [1.82, 2.24) is 0 Å². The minimum Gasteiger partial charge on any atom is -0.525 e. The number of ether oxygens (including phenoxy) is 2. The van der Waals surface area contributed by atoms with Crippen molar-refractivity contribution < 1.29 is 40.6 Å². The van der Waals surface area contributed by atoms with Crippen LogP contribution in [0.2, 0.25) is 0 Å². The fraction of sp³-hybridized carbons (Fsp3) is 0.429. The van der Waals surface area contributed by atoms with E-state index in [1.54, 1.807) is 0 Å². The number of benzene rings is 1. The predicted octanol–water partition coefficient (Wildman–Crippen LogP) is 6.01.